The molecule has 0 unspecified atom stereocenters. The molecule has 5 heteroatoms. The highest BCUT2D eigenvalue weighted by atomic mass is 32.1. The van der Waals surface area contributed by atoms with Gasteiger partial charge in [-0.3, -0.25) is 9.59 Å². The molecule has 0 spiro atoms. The average molecular weight is 222 g/mol. The highest BCUT2D eigenvalue weighted by Gasteiger charge is 2.02. The summed E-state index contributed by atoms with van der Waals surface area (Å²) in [5.74, 6) is -0.0303. The molecule has 1 aromatic carbocycles. The van der Waals surface area contributed by atoms with Crippen LogP contribution in [0.1, 0.15) is 13.3 Å². The fraction of sp³-hybridized carbons (Fsp3) is 0.200. The number of aromatic amines is 1. The minimum absolute atomic E-state index is 0.0303. The minimum atomic E-state index is -0.0797. The van der Waals surface area contributed by atoms with E-state index in [4.69, 9.17) is 0 Å². The first-order valence-electron chi connectivity index (χ1n) is 4.62. The predicted octanol–water partition coefficient (Wildman–Crippen LogP) is 1.94. The van der Waals surface area contributed by atoms with Crippen LogP contribution in [-0.4, -0.2) is 10.9 Å². The van der Waals surface area contributed by atoms with E-state index in [2.05, 4.69) is 10.3 Å². The third-order valence-electron chi connectivity index (χ3n) is 2.03. The highest BCUT2D eigenvalue weighted by Crippen LogP contribution is 2.19. The van der Waals surface area contributed by atoms with Crippen LogP contribution in [0.2, 0.25) is 0 Å². The summed E-state index contributed by atoms with van der Waals surface area (Å²) in [5.41, 5.74) is 1.53. The van der Waals surface area contributed by atoms with Crippen molar-refractivity contribution in [3.05, 3.63) is 27.9 Å². The number of amides is 1. The maximum Gasteiger partial charge on any atom is 0.305 e. The second-order valence-corrected chi connectivity index (χ2v) is 4.14. The number of hydrogen-bond acceptors (Lipinski definition) is 3. The summed E-state index contributed by atoms with van der Waals surface area (Å²) < 4.78 is 0.855. The van der Waals surface area contributed by atoms with E-state index in [9.17, 15) is 9.59 Å². The number of H-pyrrole nitrogens is 1. The van der Waals surface area contributed by atoms with Gasteiger partial charge in [0, 0.05) is 12.1 Å². The molecule has 2 rings (SSSR count). The van der Waals surface area contributed by atoms with Crippen LogP contribution in [0.5, 0.6) is 0 Å². The van der Waals surface area contributed by atoms with Crippen LogP contribution in [0.15, 0.2) is 23.0 Å². The molecule has 2 N–H and O–H groups in total. The monoisotopic (exact) mass is 222 g/mol. The van der Waals surface area contributed by atoms with Crippen molar-refractivity contribution in [2.24, 2.45) is 0 Å². The van der Waals surface area contributed by atoms with Crippen molar-refractivity contribution in [3.8, 4) is 0 Å². The van der Waals surface area contributed by atoms with Gasteiger partial charge in [-0.15, -0.1) is 0 Å². The number of aromatic nitrogens is 1. The molecule has 0 saturated heterocycles. The second kappa shape index (κ2) is 3.86. The lowest BCUT2D eigenvalue weighted by atomic mass is 10.3. The van der Waals surface area contributed by atoms with Crippen molar-refractivity contribution >= 4 is 33.1 Å². The summed E-state index contributed by atoms with van der Waals surface area (Å²) >= 11 is 1.14. The average Bonchev–Trinajstić information content (AvgIpc) is 2.57. The standard InChI is InChI=1S/C10H10N2O2S/c1-2-9(13)11-6-3-4-7-8(5-6)15-10(14)12-7/h3-5H,2H2,1H3,(H,11,13)(H,12,14). The lowest BCUT2D eigenvalue weighted by Crippen LogP contribution is -2.08. The van der Waals surface area contributed by atoms with Gasteiger partial charge in [-0.25, -0.2) is 0 Å². The summed E-state index contributed by atoms with van der Waals surface area (Å²) in [7, 11) is 0. The summed E-state index contributed by atoms with van der Waals surface area (Å²) in [5, 5.41) is 2.74. The Labute approximate surface area is 89.9 Å². The van der Waals surface area contributed by atoms with Crippen molar-refractivity contribution in [2.45, 2.75) is 13.3 Å². The van der Waals surface area contributed by atoms with Crippen LogP contribution in [0.4, 0.5) is 5.69 Å². The molecule has 1 aromatic heterocycles. The number of fused-ring (bicyclic) bond motifs is 1. The van der Waals surface area contributed by atoms with Gasteiger partial charge in [-0.1, -0.05) is 18.3 Å². The summed E-state index contributed by atoms with van der Waals surface area (Å²) in [4.78, 5) is 24.8. The number of rotatable bonds is 2. The van der Waals surface area contributed by atoms with Crippen LogP contribution in [0.25, 0.3) is 10.2 Å². The van der Waals surface area contributed by atoms with E-state index in [1.54, 1.807) is 25.1 Å². The number of carbonyl (C=O) groups is 1. The molecule has 0 fully saturated rings. The number of nitrogens with one attached hydrogen (secondary N) is 2. The number of hydrogen-bond donors (Lipinski definition) is 2. The quantitative estimate of drug-likeness (QED) is 0.815. The Morgan fingerprint density at radius 2 is 2.33 bits per heavy atom. The summed E-state index contributed by atoms with van der Waals surface area (Å²) in [6.45, 7) is 1.79. The third-order valence-corrected chi connectivity index (χ3v) is 2.87. The first kappa shape index (κ1) is 9.92. The van der Waals surface area contributed by atoms with E-state index < -0.39 is 0 Å². The fourth-order valence-corrected chi connectivity index (χ4v) is 2.05. The molecule has 0 aliphatic rings. The molecule has 1 heterocycles. The molecular formula is C10H10N2O2S. The molecule has 4 nitrogen and oxygen atoms in total. The number of anilines is 1. The Morgan fingerprint density at radius 1 is 1.53 bits per heavy atom. The van der Waals surface area contributed by atoms with E-state index >= 15 is 0 Å². The number of carbonyl (C=O) groups excluding carboxylic acids is 1. The van der Waals surface area contributed by atoms with Crippen LogP contribution >= 0.6 is 11.3 Å². The Morgan fingerprint density at radius 3 is 3.07 bits per heavy atom. The molecule has 0 atom stereocenters. The van der Waals surface area contributed by atoms with Gasteiger partial charge < -0.3 is 10.3 Å². The molecule has 0 radical (unpaired) electrons. The molecule has 2 aromatic rings. The van der Waals surface area contributed by atoms with Crippen LogP contribution in [0.3, 0.4) is 0 Å². The number of benzene rings is 1. The number of thiazole rings is 1. The van der Waals surface area contributed by atoms with Gasteiger partial charge in [0.2, 0.25) is 5.91 Å². The van der Waals surface area contributed by atoms with Crippen molar-refractivity contribution in [3.63, 3.8) is 0 Å². The van der Waals surface area contributed by atoms with Gasteiger partial charge in [0.1, 0.15) is 0 Å². The topological polar surface area (TPSA) is 62.0 Å². The lowest BCUT2D eigenvalue weighted by molar-refractivity contribution is -0.115. The largest absolute Gasteiger partial charge is 0.326 e. The van der Waals surface area contributed by atoms with Gasteiger partial charge in [0.25, 0.3) is 0 Å². The van der Waals surface area contributed by atoms with Gasteiger partial charge in [0.05, 0.1) is 10.2 Å². The third kappa shape index (κ3) is 2.07. The zero-order valence-electron chi connectivity index (χ0n) is 8.16. The molecule has 0 aliphatic heterocycles. The van der Waals surface area contributed by atoms with Gasteiger partial charge in [-0.2, -0.15) is 0 Å². The molecule has 0 aliphatic carbocycles. The smallest absolute Gasteiger partial charge is 0.305 e. The van der Waals surface area contributed by atoms with Crippen molar-refractivity contribution in [1.29, 1.82) is 0 Å². The normalized spacial score (nSPS) is 10.5. The van der Waals surface area contributed by atoms with Gasteiger partial charge in [0.15, 0.2) is 0 Å². The molecule has 15 heavy (non-hydrogen) atoms. The van der Waals surface area contributed by atoms with Crippen LogP contribution in [-0.2, 0) is 4.79 Å². The van der Waals surface area contributed by atoms with E-state index in [1.807, 2.05) is 0 Å². The van der Waals surface area contributed by atoms with Crippen molar-refractivity contribution in [1.82, 2.24) is 4.98 Å². The first-order chi connectivity index (χ1) is 7.19. The maximum atomic E-state index is 11.1. The minimum Gasteiger partial charge on any atom is -0.326 e. The van der Waals surface area contributed by atoms with Crippen LogP contribution in [0, 0.1) is 0 Å². The Bertz CT molecular complexity index is 556. The lowest BCUT2D eigenvalue weighted by Gasteiger charge is -2.02. The molecule has 78 valence electrons. The second-order valence-electron chi connectivity index (χ2n) is 3.13. The van der Waals surface area contributed by atoms with Crippen LogP contribution < -0.4 is 10.2 Å². The SMILES string of the molecule is CCC(=O)Nc1ccc2[nH]c(=O)sc2c1. The Balaban J connectivity index is 2.38. The van der Waals surface area contributed by atoms with E-state index in [0.29, 0.717) is 6.42 Å². The first-order valence-corrected chi connectivity index (χ1v) is 5.43. The zero-order chi connectivity index (χ0) is 10.8. The van der Waals surface area contributed by atoms with Crippen molar-refractivity contribution in [2.75, 3.05) is 5.32 Å². The predicted molar refractivity (Wildman–Crippen MR) is 61.4 cm³/mol. The maximum absolute atomic E-state index is 11.1. The zero-order valence-corrected chi connectivity index (χ0v) is 8.98. The molecular weight excluding hydrogens is 212 g/mol. The van der Waals surface area contributed by atoms with E-state index in [-0.39, 0.29) is 10.8 Å². The highest BCUT2D eigenvalue weighted by molar-refractivity contribution is 7.16. The molecule has 0 saturated carbocycles. The summed E-state index contributed by atoms with van der Waals surface area (Å²) in [6.07, 6.45) is 0.446. The van der Waals surface area contributed by atoms with Gasteiger partial charge >= 0.3 is 4.87 Å². The molecule has 0 bridgehead atoms. The van der Waals surface area contributed by atoms with Crippen molar-refractivity contribution < 1.29 is 4.79 Å². The summed E-state index contributed by atoms with van der Waals surface area (Å²) in [6, 6.07) is 5.36. The van der Waals surface area contributed by atoms with Gasteiger partial charge in [-0.05, 0) is 18.2 Å². The van der Waals surface area contributed by atoms with E-state index in [0.717, 1.165) is 27.2 Å². The Kier molecular flexibility index (Phi) is 2.55. The Hall–Kier alpha value is -1.62. The fourth-order valence-electron chi connectivity index (χ4n) is 1.27. The van der Waals surface area contributed by atoms with E-state index in [1.165, 1.54) is 0 Å². The molecule has 1 amide bonds.